The molecule has 0 atom stereocenters. The van der Waals surface area contributed by atoms with Gasteiger partial charge in [0, 0.05) is 18.2 Å². The number of anilines is 1. The van der Waals surface area contributed by atoms with Crippen LogP contribution in [0.5, 0.6) is 0 Å². The Balaban J connectivity index is 2.53. The number of nitrogens with zero attached hydrogens (tertiary/aromatic N) is 2. The molecule has 0 fully saturated rings. The summed E-state index contributed by atoms with van der Waals surface area (Å²) in [5, 5.41) is 13.8. The lowest BCUT2D eigenvalue weighted by Crippen LogP contribution is -2.16. The number of aromatic nitrogens is 1. The lowest BCUT2D eigenvalue weighted by Gasteiger charge is -2.04. The van der Waals surface area contributed by atoms with Gasteiger partial charge in [0.15, 0.2) is 5.84 Å². The zero-order chi connectivity index (χ0) is 14.3. The van der Waals surface area contributed by atoms with Crippen LogP contribution in [0.25, 0.3) is 0 Å². The molecule has 1 aromatic heterocycles. The third kappa shape index (κ3) is 4.62. The van der Waals surface area contributed by atoms with Gasteiger partial charge in [0.2, 0.25) is 5.91 Å². The Morgan fingerprint density at radius 3 is 2.74 bits per heavy atom. The number of hydrogen-bond acceptors (Lipinski definition) is 6. The minimum atomic E-state index is -0.453. The molecule has 0 aliphatic heterocycles. The Morgan fingerprint density at radius 1 is 1.47 bits per heavy atom. The number of nitrogens with one attached hydrogen (secondary N) is 1. The highest BCUT2D eigenvalue weighted by atomic mass is 16.5. The van der Waals surface area contributed by atoms with Crippen molar-refractivity contribution in [3.05, 3.63) is 23.9 Å². The molecule has 102 valence electrons. The Morgan fingerprint density at radius 2 is 2.21 bits per heavy atom. The van der Waals surface area contributed by atoms with Crippen molar-refractivity contribution in [3.63, 3.8) is 0 Å². The Kier molecular flexibility index (Phi) is 5.27. The minimum Gasteiger partial charge on any atom is -0.469 e. The second-order valence-corrected chi connectivity index (χ2v) is 3.54. The zero-order valence-electron chi connectivity index (χ0n) is 10.3. The maximum atomic E-state index is 11.5. The number of esters is 1. The van der Waals surface area contributed by atoms with Crippen molar-refractivity contribution < 1.29 is 19.5 Å². The van der Waals surface area contributed by atoms with Gasteiger partial charge in [-0.3, -0.25) is 9.59 Å². The van der Waals surface area contributed by atoms with Crippen molar-refractivity contribution in [2.45, 2.75) is 12.8 Å². The van der Waals surface area contributed by atoms with Crippen LogP contribution in [-0.2, 0) is 14.3 Å². The molecule has 0 saturated carbocycles. The molecule has 0 spiro atoms. The lowest BCUT2D eigenvalue weighted by molar-refractivity contribution is -0.141. The van der Waals surface area contributed by atoms with Gasteiger partial charge in [0.05, 0.1) is 13.5 Å². The standard InChI is InChI=1S/C11H14N4O4/c1-19-10(17)5-4-9(16)14-8-3-2-7(6-13-8)11(12)15-18/h2-3,6,18H,4-5H2,1H3,(H2,12,15)(H,13,14,16). The first kappa shape index (κ1) is 14.4. The van der Waals surface area contributed by atoms with Crippen LogP contribution in [-0.4, -0.2) is 35.0 Å². The molecule has 0 saturated heterocycles. The Bertz CT molecular complexity index is 484. The first-order valence-corrected chi connectivity index (χ1v) is 5.37. The average Bonchev–Trinajstić information content (AvgIpc) is 2.44. The molecule has 19 heavy (non-hydrogen) atoms. The number of pyridine rings is 1. The zero-order valence-corrected chi connectivity index (χ0v) is 10.3. The normalized spacial score (nSPS) is 10.9. The van der Waals surface area contributed by atoms with E-state index in [4.69, 9.17) is 10.9 Å². The van der Waals surface area contributed by atoms with E-state index in [-0.39, 0.29) is 24.6 Å². The highest BCUT2D eigenvalue weighted by Crippen LogP contribution is 2.06. The minimum absolute atomic E-state index is 0.00450. The largest absolute Gasteiger partial charge is 0.469 e. The number of oxime groups is 1. The molecule has 8 heteroatoms. The highest BCUT2D eigenvalue weighted by Gasteiger charge is 2.08. The summed E-state index contributed by atoms with van der Waals surface area (Å²) in [5.41, 5.74) is 5.79. The number of carbonyl (C=O) groups excluding carboxylic acids is 2. The van der Waals surface area contributed by atoms with Gasteiger partial charge in [-0.15, -0.1) is 0 Å². The molecule has 0 aliphatic carbocycles. The fourth-order valence-electron chi connectivity index (χ4n) is 1.20. The molecular weight excluding hydrogens is 252 g/mol. The predicted octanol–water partition coefficient (Wildman–Crippen LogP) is 0.0678. The monoisotopic (exact) mass is 266 g/mol. The molecule has 4 N–H and O–H groups in total. The van der Waals surface area contributed by atoms with E-state index in [1.54, 1.807) is 0 Å². The van der Waals surface area contributed by atoms with E-state index in [2.05, 4.69) is 20.2 Å². The van der Waals surface area contributed by atoms with Gasteiger partial charge in [0.25, 0.3) is 0 Å². The van der Waals surface area contributed by atoms with Crippen LogP contribution >= 0.6 is 0 Å². The Hall–Kier alpha value is -2.64. The van der Waals surface area contributed by atoms with Crippen molar-refractivity contribution in [3.8, 4) is 0 Å². The van der Waals surface area contributed by atoms with E-state index >= 15 is 0 Å². The van der Waals surface area contributed by atoms with Gasteiger partial charge in [-0.05, 0) is 12.1 Å². The average molecular weight is 266 g/mol. The smallest absolute Gasteiger partial charge is 0.306 e. The molecule has 8 nitrogen and oxygen atoms in total. The molecule has 0 aromatic carbocycles. The maximum Gasteiger partial charge on any atom is 0.306 e. The Labute approximate surface area is 109 Å². The van der Waals surface area contributed by atoms with Crippen molar-refractivity contribution in [2.75, 3.05) is 12.4 Å². The summed E-state index contributed by atoms with van der Waals surface area (Å²) < 4.78 is 4.42. The van der Waals surface area contributed by atoms with E-state index in [1.807, 2.05) is 0 Å². The predicted molar refractivity (Wildman–Crippen MR) is 66.6 cm³/mol. The summed E-state index contributed by atoms with van der Waals surface area (Å²) in [7, 11) is 1.26. The van der Waals surface area contributed by atoms with Gasteiger partial charge in [-0.25, -0.2) is 4.98 Å². The van der Waals surface area contributed by atoms with E-state index in [9.17, 15) is 9.59 Å². The van der Waals surface area contributed by atoms with E-state index in [1.165, 1.54) is 25.4 Å². The number of rotatable bonds is 5. The number of carbonyl (C=O) groups is 2. The number of hydrogen-bond donors (Lipinski definition) is 3. The summed E-state index contributed by atoms with van der Waals surface area (Å²) >= 11 is 0. The molecule has 0 bridgehead atoms. The first-order valence-electron chi connectivity index (χ1n) is 5.37. The summed E-state index contributed by atoms with van der Waals surface area (Å²) in [6.45, 7) is 0. The first-order chi connectivity index (χ1) is 9.06. The van der Waals surface area contributed by atoms with Gasteiger partial charge in [0.1, 0.15) is 5.82 Å². The number of nitrogens with two attached hydrogens (primary N) is 1. The fraction of sp³-hybridized carbons (Fsp3) is 0.273. The van der Waals surface area contributed by atoms with Crippen molar-refractivity contribution in [1.82, 2.24) is 4.98 Å². The molecule has 0 aliphatic rings. The number of ether oxygens (including phenoxy) is 1. The van der Waals surface area contributed by atoms with Crippen LogP contribution in [0.3, 0.4) is 0 Å². The van der Waals surface area contributed by atoms with Gasteiger partial charge in [-0.2, -0.15) is 0 Å². The molecule has 1 aromatic rings. The van der Waals surface area contributed by atoms with Crippen LogP contribution < -0.4 is 11.1 Å². The molecule has 1 amide bonds. The van der Waals surface area contributed by atoms with Crippen molar-refractivity contribution in [1.29, 1.82) is 0 Å². The summed E-state index contributed by atoms with van der Waals surface area (Å²) in [4.78, 5) is 26.2. The topological polar surface area (TPSA) is 127 Å². The second kappa shape index (κ2) is 6.94. The van der Waals surface area contributed by atoms with Crippen LogP contribution in [0.15, 0.2) is 23.5 Å². The third-order valence-corrected chi connectivity index (χ3v) is 2.22. The van der Waals surface area contributed by atoms with Crippen LogP contribution in [0.2, 0.25) is 0 Å². The van der Waals surface area contributed by atoms with Crippen LogP contribution in [0, 0.1) is 0 Å². The van der Waals surface area contributed by atoms with Gasteiger partial charge in [-0.1, -0.05) is 5.16 Å². The lowest BCUT2D eigenvalue weighted by atomic mass is 10.2. The molecular formula is C11H14N4O4. The van der Waals surface area contributed by atoms with Crippen molar-refractivity contribution in [2.24, 2.45) is 10.9 Å². The number of amides is 1. The van der Waals surface area contributed by atoms with Crippen molar-refractivity contribution >= 4 is 23.5 Å². The molecule has 1 rings (SSSR count). The number of methoxy groups -OCH3 is 1. The summed E-state index contributed by atoms with van der Waals surface area (Å²) in [6, 6.07) is 3.04. The summed E-state index contributed by atoms with van der Waals surface area (Å²) in [5.74, 6) is -0.569. The van der Waals surface area contributed by atoms with Gasteiger partial charge >= 0.3 is 5.97 Å². The molecule has 0 unspecified atom stereocenters. The van der Waals surface area contributed by atoms with E-state index < -0.39 is 5.97 Å². The van der Waals surface area contributed by atoms with Crippen LogP contribution in [0.4, 0.5) is 5.82 Å². The quantitative estimate of drug-likeness (QED) is 0.227. The summed E-state index contributed by atoms with van der Waals surface area (Å²) in [6.07, 6.45) is 1.37. The number of amidine groups is 1. The molecule has 0 radical (unpaired) electrons. The highest BCUT2D eigenvalue weighted by molar-refractivity contribution is 5.97. The fourth-order valence-corrected chi connectivity index (χ4v) is 1.20. The third-order valence-electron chi connectivity index (χ3n) is 2.22. The second-order valence-electron chi connectivity index (χ2n) is 3.54. The van der Waals surface area contributed by atoms with Crippen LogP contribution in [0.1, 0.15) is 18.4 Å². The SMILES string of the molecule is COC(=O)CCC(=O)Nc1ccc(/C(N)=N/O)cn1. The van der Waals surface area contributed by atoms with Gasteiger partial charge < -0.3 is 21.0 Å². The van der Waals surface area contributed by atoms with E-state index in [0.29, 0.717) is 11.4 Å². The maximum absolute atomic E-state index is 11.5. The van der Waals surface area contributed by atoms with E-state index in [0.717, 1.165) is 0 Å². The molecule has 1 heterocycles.